The average Bonchev–Trinajstić information content (AvgIpc) is 2.68. The minimum Gasteiger partial charge on any atom is -0.355 e. The van der Waals surface area contributed by atoms with Crippen LogP contribution in [0.25, 0.3) is 0 Å². The molecule has 1 aliphatic heterocycles. The number of nitrogens with zero attached hydrogens (tertiary/aromatic N) is 2. The summed E-state index contributed by atoms with van der Waals surface area (Å²) < 4.78 is 2.30. The maximum absolute atomic E-state index is 10.9. The number of hydrogen-bond donors (Lipinski definition) is 2. The number of amides is 1. The molecule has 2 heterocycles. The van der Waals surface area contributed by atoms with Crippen molar-refractivity contribution in [2.75, 3.05) is 13.1 Å². The first-order chi connectivity index (χ1) is 8.72. The van der Waals surface area contributed by atoms with Gasteiger partial charge in [-0.3, -0.25) is 4.79 Å². The molecule has 2 N–H and O–H groups in total. The molecule has 100 valence electrons. The Hall–Kier alpha value is -1.36. The highest BCUT2D eigenvalue weighted by Gasteiger charge is 2.18. The van der Waals surface area contributed by atoms with Gasteiger partial charge < -0.3 is 15.2 Å². The molecule has 5 heteroatoms. The highest BCUT2D eigenvalue weighted by molar-refractivity contribution is 5.72. The molecule has 0 bridgehead atoms. The summed E-state index contributed by atoms with van der Waals surface area (Å²) >= 11 is 0. The third-order valence-electron chi connectivity index (χ3n) is 3.25. The van der Waals surface area contributed by atoms with E-state index >= 15 is 0 Å². The van der Waals surface area contributed by atoms with E-state index in [4.69, 9.17) is 4.98 Å². The van der Waals surface area contributed by atoms with Crippen LogP contribution in [0.5, 0.6) is 0 Å². The van der Waals surface area contributed by atoms with Gasteiger partial charge in [-0.15, -0.1) is 0 Å². The maximum atomic E-state index is 10.9. The van der Waals surface area contributed by atoms with Gasteiger partial charge in [-0.2, -0.15) is 0 Å². The number of fused-ring (bicyclic) bond motifs is 1. The van der Waals surface area contributed by atoms with Gasteiger partial charge in [0.25, 0.3) is 0 Å². The van der Waals surface area contributed by atoms with Crippen LogP contribution >= 0.6 is 0 Å². The summed E-state index contributed by atoms with van der Waals surface area (Å²) in [7, 11) is 0. The van der Waals surface area contributed by atoms with E-state index in [1.165, 1.54) is 11.4 Å². The van der Waals surface area contributed by atoms with Crippen molar-refractivity contribution in [3.8, 4) is 0 Å². The molecule has 0 radical (unpaired) electrons. The van der Waals surface area contributed by atoms with E-state index in [0.29, 0.717) is 6.54 Å². The minimum absolute atomic E-state index is 0.0303. The lowest BCUT2D eigenvalue weighted by Gasteiger charge is -2.16. The zero-order chi connectivity index (χ0) is 13.0. The highest BCUT2D eigenvalue weighted by Crippen LogP contribution is 2.17. The summed E-state index contributed by atoms with van der Waals surface area (Å²) in [5.74, 6) is 1.19. The van der Waals surface area contributed by atoms with Crippen molar-refractivity contribution < 1.29 is 4.79 Å². The molecule has 1 aliphatic rings. The average molecular weight is 250 g/mol. The largest absolute Gasteiger partial charge is 0.355 e. The Labute approximate surface area is 108 Å². The topological polar surface area (TPSA) is 59.0 Å². The number of carbonyl (C=O) groups excluding carboxylic acids is 1. The smallest absolute Gasteiger partial charge is 0.216 e. The van der Waals surface area contributed by atoms with Crippen LogP contribution < -0.4 is 10.6 Å². The SMILES string of the molecule is CCCc1nc2c(n1CCNC(C)=O)CCNC2. The molecule has 0 aliphatic carbocycles. The molecule has 5 nitrogen and oxygen atoms in total. The number of imidazole rings is 1. The van der Waals surface area contributed by atoms with Crippen molar-refractivity contribution in [1.29, 1.82) is 0 Å². The third kappa shape index (κ3) is 2.90. The first kappa shape index (κ1) is 13.1. The lowest BCUT2D eigenvalue weighted by atomic mass is 10.2. The number of aryl methyl sites for hydroxylation is 1. The van der Waals surface area contributed by atoms with Crippen LogP contribution in [0.2, 0.25) is 0 Å². The van der Waals surface area contributed by atoms with E-state index in [0.717, 1.165) is 44.7 Å². The third-order valence-corrected chi connectivity index (χ3v) is 3.25. The Morgan fingerprint density at radius 3 is 3.11 bits per heavy atom. The molecule has 1 aromatic heterocycles. The van der Waals surface area contributed by atoms with E-state index in [2.05, 4.69) is 22.1 Å². The molecule has 0 saturated carbocycles. The van der Waals surface area contributed by atoms with Crippen LogP contribution in [0.15, 0.2) is 0 Å². The van der Waals surface area contributed by atoms with Crippen molar-refractivity contribution in [2.45, 2.75) is 46.2 Å². The van der Waals surface area contributed by atoms with Crippen molar-refractivity contribution in [1.82, 2.24) is 20.2 Å². The van der Waals surface area contributed by atoms with Gasteiger partial charge >= 0.3 is 0 Å². The van der Waals surface area contributed by atoms with Crippen LogP contribution in [0.3, 0.4) is 0 Å². The Bertz CT molecular complexity index is 425. The van der Waals surface area contributed by atoms with Crippen LogP contribution in [0, 0.1) is 0 Å². The van der Waals surface area contributed by atoms with E-state index in [1.54, 1.807) is 6.92 Å². The number of nitrogens with one attached hydrogen (secondary N) is 2. The molecular formula is C13H22N4O. The van der Waals surface area contributed by atoms with Crippen LogP contribution in [0.4, 0.5) is 0 Å². The van der Waals surface area contributed by atoms with Crippen molar-refractivity contribution in [3.63, 3.8) is 0 Å². The quantitative estimate of drug-likeness (QED) is 0.805. The van der Waals surface area contributed by atoms with Gasteiger partial charge in [-0.05, 0) is 6.42 Å². The van der Waals surface area contributed by atoms with Crippen LogP contribution in [-0.4, -0.2) is 28.5 Å². The fraction of sp³-hybridized carbons (Fsp3) is 0.692. The number of aromatic nitrogens is 2. The molecule has 18 heavy (non-hydrogen) atoms. The Morgan fingerprint density at radius 1 is 1.56 bits per heavy atom. The zero-order valence-corrected chi connectivity index (χ0v) is 11.3. The monoisotopic (exact) mass is 250 g/mol. The highest BCUT2D eigenvalue weighted by atomic mass is 16.1. The number of carbonyl (C=O) groups is 1. The van der Waals surface area contributed by atoms with E-state index in [-0.39, 0.29) is 5.91 Å². The number of rotatable bonds is 5. The first-order valence-electron chi connectivity index (χ1n) is 6.74. The summed E-state index contributed by atoms with van der Waals surface area (Å²) in [5, 5.41) is 6.21. The fourth-order valence-electron chi connectivity index (χ4n) is 2.45. The number of hydrogen-bond acceptors (Lipinski definition) is 3. The van der Waals surface area contributed by atoms with Gasteiger partial charge in [0.05, 0.1) is 5.69 Å². The van der Waals surface area contributed by atoms with Gasteiger partial charge in [0, 0.05) is 51.6 Å². The molecule has 1 aromatic rings. The molecular weight excluding hydrogens is 228 g/mol. The van der Waals surface area contributed by atoms with E-state index < -0.39 is 0 Å². The van der Waals surface area contributed by atoms with Crippen molar-refractivity contribution >= 4 is 5.91 Å². The fourth-order valence-corrected chi connectivity index (χ4v) is 2.45. The lowest BCUT2D eigenvalue weighted by Crippen LogP contribution is -2.28. The second-order valence-corrected chi connectivity index (χ2v) is 4.73. The first-order valence-corrected chi connectivity index (χ1v) is 6.74. The predicted octanol–water partition coefficient (Wildman–Crippen LogP) is 0.617. The Kier molecular flexibility index (Phi) is 4.36. The summed E-state index contributed by atoms with van der Waals surface area (Å²) in [6, 6.07) is 0. The molecule has 2 rings (SSSR count). The molecule has 0 spiro atoms. The lowest BCUT2D eigenvalue weighted by molar-refractivity contribution is -0.118. The van der Waals surface area contributed by atoms with Gasteiger partial charge in [0.2, 0.25) is 5.91 Å². The summed E-state index contributed by atoms with van der Waals surface area (Å²) in [5.41, 5.74) is 2.54. The molecule has 0 saturated heterocycles. The van der Waals surface area contributed by atoms with Gasteiger partial charge in [0.15, 0.2) is 0 Å². The summed E-state index contributed by atoms with van der Waals surface area (Å²) in [6.45, 7) is 7.13. The second kappa shape index (κ2) is 6.00. The summed E-state index contributed by atoms with van der Waals surface area (Å²) in [4.78, 5) is 15.7. The van der Waals surface area contributed by atoms with Crippen molar-refractivity contribution in [2.24, 2.45) is 0 Å². The maximum Gasteiger partial charge on any atom is 0.216 e. The van der Waals surface area contributed by atoms with Gasteiger partial charge in [-0.1, -0.05) is 6.92 Å². The zero-order valence-electron chi connectivity index (χ0n) is 11.3. The standard InChI is InChI=1S/C13H22N4O/c1-3-4-13-16-11-9-14-6-5-12(11)17(13)8-7-15-10(2)18/h14H,3-9H2,1-2H3,(H,15,18). The predicted molar refractivity (Wildman–Crippen MR) is 70.3 cm³/mol. The van der Waals surface area contributed by atoms with E-state index in [1.807, 2.05) is 0 Å². The molecule has 0 fully saturated rings. The molecule has 0 atom stereocenters. The molecule has 0 unspecified atom stereocenters. The Balaban J connectivity index is 2.13. The van der Waals surface area contributed by atoms with Crippen LogP contribution in [-0.2, 0) is 30.7 Å². The molecule has 1 amide bonds. The second-order valence-electron chi connectivity index (χ2n) is 4.73. The minimum atomic E-state index is 0.0303. The molecule has 0 aromatic carbocycles. The van der Waals surface area contributed by atoms with Crippen LogP contribution in [0.1, 0.15) is 37.5 Å². The summed E-state index contributed by atoms with van der Waals surface area (Å²) in [6.07, 6.45) is 3.14. The van der Waals surface area contributed by atoms with E-state index in [9.17, 15) is 4.79 Å². The van der Waals surface area contributed by atoms with Crippen molar-refractivity contribution in [3.05, 3.63) is 17.2 Å². The van der Waals surface area contributed by atoms with Gasteiger partial charge in [0.1, 0.15) is 5.82 Å². The Morgan fingerprint density at radius 2 is 2.39 bits per heavy atom. The van der Waals surface area contributed by atoms with Gasteiger partial charge in [-0.25, -0.2) is 4.98 Å². The normalized spacial score (nSPS) is 14.3.